The van der Waals surface area contributed by atoms with Gasteiger partial charge in [-0.25, -0.2) is 0 Å². The Morgan fingerprint density at radius 2 is 2.17 bits per heavy atom. The van der Waals surface area contributed by atoms with Gasteiger partial charge in [-0.15, -0.1) is 0 Å². The first kappa shape index (κ1) is 11.0. The van der Waals surface area contributed by atoms with Crippen molar-refractivity contribution in [3.8, 4) is 0 Å². The van der Waals surface area contributed by atoms with Gasteiger partial charge >= 0.3 is 0 Å². The monoisotopic (exact) mass is 165 g/mol. The molecule has 0 saturated heterocycles. The van der Waals surface area contributed by atoms with E-state index in [1.165, 1.54) is 12.8 Å². The molecule has 1 heteroatoms. The van der Waals surface area contributed by atoms with Gasteiger partial charge in [0.05, 0.1) is 0 Å². The van der Waals surface area contributed by atoms with Crippen LogP contribution in [0.5, 0.6) is 0 Å². The maximum atomic E-state index is 5.46. The van der Waals surface area contributed by atoms with Crippen molar-refractivity contribution < 1.29 is 0 Å². The molecule has 0 saturated carbocycles. The molecule has 0 rings (SSSR count). The predicted molar refractivity (Wildman–Crippen MR) is 55.7 cm³/mol. The fraction of sp³-hybridized carbons (Fsp3) is 0.455. The summed E-state index contributed by atoms with van der Waals surface area (Å²) in [5.41, 5.74) is 7.65. The zero-order valence-corrected chi connectivity index (χ0v) is 8.14. The normalized spacial score (nSPS) is 12.3. The van der Waals surface area contributed by atoms with Gasteiger partial charge in [-0.1, -0.05) is 32.1 Å². The minimum atomic E-state index is 1.05. The summed E-state index contributed by atoms with van der Waals surface area (Å²) in [6, 6.07) is 0. The van der Waals surface area contributed by atoms with E-state index in [4.69, 9.17) is 5.73 Å². The molecule has 0 unspecified atom stereocenters. The first-order valence-corrected chi connectivity index (χ1v) is 4.49. The number of unbranched alkanes of at least 4 members (excludes halogenated alkanes) is 1. The Kier molecular flexibility index (Phi) is 6.16. The Bertz CT molecular complexity index is 187. The summed E-state index contributed by atoms with van der Waals surface area (Å²) in [5, 5.41) is 0. The average molecular weight is 165 g/mol. The molecule has 0 bridgehead atoms. The van der Waals surface area contributed by atoms with Crippen LogP contribution in [0.4, 0.5) is 0 Å². The Hall–Kier alpha value is -0.980. The fourth-order valence-corrected chi connectivity index (χ4v) is 1.01. The van der Waals surface area contributed by atoms with Crippen LogP contribution in [0.25, 0.3) is 0 Å². The van der Waals surface area contributed by atoms with Crippen molar-refractivity contribution in [3.05, 3.63) is 36.1 Å². The van der Waals surface area contributed by atoms with Crippen molar-refractivity contribution >= 4 is 0 Å². The molecule has 0 aliphatic rings. The summed E-state index contributed by atoms with van der Waals surface area (Å²) in [6.45, 7) is 8.14. The molecule has 0 radical (unpaired) electrons. The van der Waals surface area contributed by atoms with E-state index in [-0.39, 0.29) is 0 Å². The Balaban J connectivity index is 4.05. The highest BCUT2D eigenvalue weighted by atomic mass is 14.5. The first-order chi connectivity index (χ1) is 5.76. The molecular weight excluding hydrogens is 146 g/mol. The Labute approximate surface area is 75.7 Å². The molecule has 0 aromatic carbocycles. The molecule has 12 heavy (non-hydrogen) atoms. The van der Waals surface area contributed by atoms with E-state index in [2.05, 4.69) is 13.5 Å². The second-order valence-corrected chi connectivity index (χ2v) is 2.83. The summed E-state index contributed by atoms with van der Waals surface area (Å²) in [7, 11) is 0. The van der Waals surface area contributed by atoms with Gasteiger partial charge in [-0.2, -0.15) is 0 Å². The summed E-state index contributed by atoms with van der Waals surface area (Å²) in [6.07, 6.45) is 9.04. The van der Waals surface area contributed by atoms with Crippen LogP contribution >= 0.6 is 0 Å². The second-order valence-electron chi connectivity index (χ2n) is 2.83. The second kappa shape index (κ2) is 6.71. The SMILES string of the molecule is C=C(CCCC)C(/C=C\C)=C/N. The third-order valence-corrected chi connectivity index (χ3v) is 1.77. The van der Waals surface area contributed by atoms with E-state index in [0.29, 0.717) is 0 Å². The molecule has 0 amide bonds. The minimum Gasteiger partial charge on any atom is -0.404 e. The summed E-state index contributed by atoms with van der Waals surface area (Å²) in [4.78, 5) is 0. The molecule has 0 aliphatic carbocycles. The Morgan fingerprint density at radius 3 is 2.58 bits per heavy atom. The van der Waals surface area contributed by atoms with Crippen LogP contribution in [0, 0.1) is 0 Å². The topological polar surface area (TPSA) is 26.0 Å². The maximum absolute atomic E-state index is 5.46. The van der Waals surface area contributed by atoms with E-state index >= 15 is 0 Å². The summed E-state index contributed by atoms with van der Waals surface area (Å²) < 4.78 is 0. The molecule has 0 aromatic rings. The van der Waals surface area contributed by atoms with Crippen LogP contribution in [0.3, 0.4) is 0 Å². The van der Waals surface area contributed by atoms with Crippen LogP contribution in [-0.2, 0) is 0 Å². The predicted octanol–water partition coefficient (Wildman–Crippen LogP) is 3.15. The highest BCUT2D eigenvalue weighted by Crippen LogP contribution is 2.15. The number of rotatable bonds is 5. The van der Waals surface area contributed by atoms with Crippen molar-refractivity contribution in [2.45, 2.75) is 33.1 Å². The maximum Gasteiger partial charge on any atom is 0.00139 e. The van der Waals surface area contributed by atoms with Crippen LogP contribution < -0.4 is 5.73 Å². The van der Waals surface area contributed by atoms with Gasteiger partial charge in [0, 0.05) is 6.20 Å². The van der Waals surface area contributed by atoms with Crippen LogP contribution in [0.2, 0.25) is 0 Å². The van der Waals surface area contributed by atoms with Crippen molar-refractivity contribution in [1.29, 1.82) is 0 Å². The van der Waals surface area contributed by atoms with Gasteiger partial charge in [0.2, 0.25) is 0 Å². The Morgan fingerprint density at radius 1 is 1.50 bits per heavy atom. The van der Waals surface area contributed by atoms with E-state index in [1.54, 1.807) is 6.20 Å². The quantitative estimate of drug-likeness (QED) is 0.622. The average Bonchev–Trinajstić information content (AvgIpc) is 2.10. The van der Waals surface area contributed by atoms with Crippen molar-refractivity contribution in [2.24, 2.45) is 5.73 Å². The molecule has 0 aromatic heterocycles. The molecular formula is C11H19N. The van der Waals surface area contributed by atoms with E-state index in [1.807, 2.05) is 19.1 Å². The van der Waals surface area contributed by atoms with Crippen molar-refractivity contribution in [2.75, 3.05) is 0 Å². The highest BCUT2D eigenvalue weighted by molar-refractivity contribution is 5.36. The van der Waals surface area contributed by atoms with E-state index in [0.717, 1.165) is 17.6 Å². The lowest BCUT2D eigenvalue weighted by atomic mass is 10.0. The molecule has 1 nitrogen and oxygen atoms in total. The molecule has 0 heterocycles. The van der Waals surface area contributed by atoms with Crippen LogP contribution in [0.1, 0.15) is 33.1 Å². The lowest BCUT2D eigenvalue weighted by Gasteiger charge is -2.04. The minimum absolute atomic E-state index is 1.05. The van der Waals surface area contributed by atoms with Gasteiger partial charge in [0.1, 0.15) is 0 Å². The molecule has 68 valence electrons. The van der Waals surface area contributed by atoms with Gasteiger partial charge < -0.3 is 5.73 Å². The van der Waals surface area contributed by atoms with Crippen LogP contribution in [-0.4, -0.2) is 0 Å². The van der Waals surface area contributed by atoms with Crippen molar-refractivity contribution in [1.82, 2.24) is 0 Å². The fourth-order valence-electron chi connectivity index (χ4n) is 1.01. The summed E-state index contributed by atoms with van der Waals surface area (Å²) in [5.74, 6) is 0. The van der Waals surface area contributed by atoms with Gasteiger partial charge in [-0.3, -0.25) is 0 Å². The third-order valence-electron chi connectivity index (χ3n) is 1.77. The zero-order valence-electron chi connectivity index (χ0n) is 8.14. The number of nitrogens with two attached hydrogens (primary N) is 1. The number of allylic oxidation sites excluding steroid dienone is 4. The molecule has 0 fully saturated rings. The van der Waals surface area contributed by atoms with E-state index < -0.39 is 0 Å². The number of hydrogen-bond acceptors (Lipinski definition) is 1. The summed E-state index contributed by atoms with van der Waals surface area (Å²) >= 11 is 0. The lowest BCUT2D eigenvalue weighted by molar-refractivity contribution is 0.795. The molecule has 0 atom stereocenters. The molecule has 0 spiro atoms. The number of hydrogen-bond donors (Lipinski definition) is 1. The molecule has 2 N–H and O–H groups in total. The third kappa shape index (κ3) is 4.02. The molecule has 0 aliphatic heterocycles. The lowest BCUT2D eigenvalue weighted by Crippen LogP contribution is -1.90. The first-order valence-electron chi connectivity index (χ1n) is 4.49. The van der Waals surface area contributed by atoms with E-state index in [9.17, 15) is 0 Å². The van der Waals surface area contributed by atoms with Crippen LogP contribution in [0.15, 0.2) is 36.1 Å². The zero-order chi connectivity index (χ0) is 9.40. The van der Waals surface area contributed by atoms with Gasteiger partial charge in [0.25, 0.3) is 0 Å². The largest absolute Gasteiger partial charge is 0.404 e. The smallest absolute Gasteiger partial charge is 0.00139 e. The van der Waals surface area contributed by atoms with Gasteiger partial charge in [-0.05, 0) is 30.9 Å². The standard InChI is InChI=1S/C11H19N/c1-4-6-8-10(3)11(9-12)7-5-2/h5,7,9H,3-4,6,8,12H2,1-2H3/b7-5-,11-9+. The van der Waals surface area contributed by atoms with Gasteiger partial charge in [0.15, 0.2) is 0 Å². The highest BCUT2D eigenvalue weighted by Gasteiger charge is 1.96. The van der Waals surface area contributed by atoms with Crippen molar-refractivity contribution in [3.63, 3.8) is 0 Å².